The predicted octanol–water partition coefficient (Wildman–Crippen LogP) is 3.26. The smallest absolute Gasteiger partial charge is 0.339 e. The van der Waals surface area contributed by atoms with Crippen molar-refractivity contribution < 1.29 is 9.90 Å². The number of thioether (sulfide) groups is 1. The average molecular weight is 302 g/mol. The number of nitrogens with zero attached hydrogens (tertiary/aromatic N) is 2. The molecule has 3 rings (SSSR count). The van der Waals surface area contributed by atoms with E-state index in [1.165, 1.54) is 6.20 Å². The van der Waals surface area contributed by atoms with E-state index in [-0.39, 0.29) is 0 Å². The second-order valence-electron chi connectivity index (χ2n) is 5.35. The lowest BCUT2D eigenvalue weighted by molar-refractivity contribution is 0.0697. The van der Waals surface area contributed by atoms with E-state index in [4.69, 9.17) is 0 Å². The molecule has 0 amide bonds. The number of benzene rings is 1. The number of rotatable bonds is 2. The van der Waals surface area contributed by atoms with Gasteiger partial charge in [0, 0.05) is 35.2 Å². The highest BCUT2D eigenvalue weighted by Gasteiger charge is 2.29. The van der Waals surface area contributed by atoms with Crippen molar-refractivity contribution in [1.82, 2.24) is 4.98 Å². The van der Waals surface area contributed by atoms with Gasteiger partial charge in [-0.25, -0.2) is 4.79 Å². The number of hydrogen-bond donors (Lipinski definition) is 1. The molecule has 110 valence electrons. The van der Waals surface area contributed by atoms with Crippen LogP contribution >= 0.6 is 11.8 Å². The molecule has 1 aromatic heterocycles. The maximum atomic E-state index is 11.6. The van der Waals surface area contributed by atoms with Crippen molar-refractivity contribution in [3.05, 3.63) is 36.0 Å². The topological polar surface area (TPSA) is 53.4 Å². The summed E-state index contributed by atoms with van der Waals surface area (Å²) >= 11 is 1.94. The zero-order valence-electron chi connectivity index (χ0n) is 12.1. The van der Waals surface area contributed by atoms with Crippen molar-refractivity contribution in [3.8, 4) is 0 Å². The van der Waals surface area contributed by atoms with Crippen LogP contribution in [0.2, 0.25) is 0 Å². The molecule has 21 heavy (non-hydrogen) atoms. The molecule has 1 aliphatic heterocycles. The molecule has 2 heterocycles. The van der Waals surface area contributed by atoms with E-state index in [2.05, 4.69) is 23.7 Å². The van der Waals surface area contributed by atoms with Gasteiger partial charge in [-0.3, -0.25) is 4.98 Å². The molecule has 1 aromatic carbocycles. The van der Waals surface area contributed by atoms with Crippen LogP contribution in [0.15, 0.2) is 30.5 Å². The van der Waals surface area contributed by atoms with Crippen molar-refractivity contribution in [2.24, 2.45) is 0 Å². The minimum atomic E-state index is -0.915. The minimum Gasteiger partial charge on any atom is -0.478 e. The maximum Gasteiger partial charge on any atom is 0.339 e. The summed E-state index contributed by atoms with van der Waals surface area (Å²) in [7, 11) is 0. The Hall–Kier alpha value is -1.75. The van der Waals surface area contributed by atoms with Crippen LogP contribution in [0.4, 0.5) is 5.69 Å². The molecule has 1 fully saturated rings. The summed E-state index contributed by atoms with van der Waals surface area (Å²) in [6.45, 7) is 5.23. The molecule has 1 saturated heterocycles. The second kappa shape index (κ2) is 5.56. The van der Waals surface area contributed by atoms with Gasteiger partial charge in [0.05, 0.1) is 11.2 Å². The van der Waals surface area contributed by atoms with Crippen LogP contribution in [0.3, 0.4) is 0 Å². The molecular formula is C16H18N2O2S. The number of carboxylic acids is 1. The third-order valence-corrected chi connectivity index (χ3v) is 5.49. The van der Waals surface area contributed by atoms with E-state index < -0.39 is 5.97 Å². The van der Waals surface area contributed by atoms with Gasteiger partial charge >= 0.3 is 5.97 Å². The number of hydrogen-bond acceptors (Lipinski definition) is 4. The molecule has 2 unspecified atom stereocenters. The summed E-state index contributed by atoms with van der Waals surface area (Å²) in [6, 6.07) is 8.05. The van der Waals surface area contributed by atoms with Gasteiger partial charge in [-0.05, 0) is 13.0 Å². The number of carbonyl (C=O) groups is 1. The van der Waals surface area contributed by atoms with Gasteiger partial charge in [0.15, 0.2) is 0 Å². The van der Waals surface area contributed by atoms with E-state index in [1.54, 1.807) is 0 Å². The van der Waals surface area contributed by atoms with E-state index in [9.17, 15) is 9.90 Å². The highest BCUT2D eigenvalue weighted by molar-refractivity contribution is 8.00. The first-order chi connectivity index (χ1) is 10.1. The Morgan fingerprint density at radius 2 is 2.14 bits per heavy atom. The number of para-hydroxylation sites is 1. The lowest BCUT2D eigenvalue weighted by atomic mass is 10.1. The Bertz CT molecular complexity index is 689. The minimum absolute atomic E-state index is 0.291. The zero-order chi connectivity index (χ0) is 15.0. The molecule has 0 spiro atoms. The molecule has 1 N–H and O–H groups in total. The van der Waals surface area contributed by atoms with Gasteiger partial charge in [-0.1, -0.05) is 25.1 Å². The summed E-state index contributed by atoms with van der Waals surface area (Å²) in [6.07, 6.45) is 1.49. The zero-order valence-corrected chi connectivity index (χ0v) is 12.9. The number of pyridine rings is 1. The molecule has 0 bridgehead atoms. The Kier molecular flexibility index (Phi) is 3.76. The summed E-state index contributed by atoms with van der Waals surface area (Å²) in [5, 5.41) is 10.9. The molecule has 2 atom stereocenters. The largest absolute Gasteiger partial charge is 0.478 e. The summed E-state index contributed by atoms with van der Waals surface area (Å²) in [4.78, 5) is 18.1. The summed E-state index contributed by atoms with van der Waals surface area (Å²) in [5.41, 5.74) is 1.95. The fourth-order valence-corrected chi connectivity index (χ4v) is 3.94. The van der Waals surface area contributed by atoms with Crippen LogP contribution in [0.5, 0.6) is 0 Å². The van der Waals surface area contributed by atoms with Crippen molar-refractivity contribution in [3.63, 3.8) is 0 Å². The van der Waals surface area contributed by atoms with Crippen LogP contribution in [0.25, 0.3) is 10.9 Å². The first kappa shape index (κ1) is 14.2. The number of anilines is 1. The molecule has 5 heteroatoms. The van der Waals surface area contributed by atoms with Crippen molar-refractivity contribution in [2.75, 3.05) is 17.2 Å². The van der Waals surface area contributed by atoms with Gasteiger partial charge in [0.25, 0.3) is 0 Å². The fourth-order valence-electron chi connectivity index (χ4n) is 2.84. The molecule has 4 nitrogen and oxygen atoms in total. The molecule has 0 radical (unpaired) electrons. The standard InChI is InChI=1S/C16H18N2O2S/c1-10-11(2)21-8-7-18(10)15-12-5-3-4-6-14(12)17-9-13(15)16(19)20/h3-6,9-11H,7-8H2,1-2H3,(H,19,20). The summed E-state index contributed by atoms with van der Waals surface area (Å²) < 4.78 is 0. The quantitative estimate of drug-likeness (QED) is 0.922. The molecule has 2 aromatic rings. The van der Waals surface area contributed by atoms with Crippen molar-refractivity contribution >= 4 is 34.3 Å². The van der Waals surface area contributed by atoms with Gasteiger partial charge in [-0.2, -0.15) is 11.8 Å². The van der Waals surface area contributed by atoms with Crippen LogP contribution < -0.4 is 4.90 Å². The number of fused-ring (bicyclic) bond motifs is 1. The molecule has 0 aliphatic carbocycles. The fraction of sp³-hybridized carbons (Fsp3) is 0.375. The second-order valence-corrected chi connectivity index (χ2v) is 6.84. The van der Waals surface area contributed by atoms with E-state index in [0.29, 0.717) is 16.9 Å². The first-order valence-corrected chi connectivity index (χ1v) is 8.13. The van der Waals surface area contributed by atoms with Crippen LogP contribution in [0.1, 0.15) is 24.2 Å². The van der Waals surface area contributed by atoms with Gasteiger partial charge in [-0.15, -0.1) is 0 Å². The molecular weight excluding hydrogens is 284 g/mol. The molecule has 1 aliphatic rings. The number of aromatic carboxylic acids is 1. The van der Waals surface area contributed by atoms with E-state index in [1.807, 2.05) is 36.0 Å². The summed E-state index contributed by atoms with van der Waals surface area (Å²) in [5.74, 6) is 0.0997. The van der Waals surface area contributed by atoms with Crippen LogP contribution in [-0.2, 0) is 0 Å². The average Bonchev–Trinajstić information content (AvgIpc) is 2.49. The SMILES string of the molecule is CC1SCCN(c2c(C(=O)O)cnc3ccccc23)C1C. The lowest BCUT2D eigenvalue weighted by Crippen LogP contribution is -2.45. The van der Waals surface area contributed by atoms with Gasteiger partial charge < -0.3 is 10.0 Å². The third-order valence-electron chi connectivity index (χ3n) is 4.15. The van der Waals surface area contributed by atoms with Crippen molar-refractivity contribution in [2.45, 2.75) is 25.1 Å². The van der Waals surface area contributed by atoms with Gasteiger partial charge in [0.2, 0.25) is 0 Å². The van der Waals surface area contributed by atoms with Crippen LogP contribution in [0, 0.1) is 0 Å². The van der Waals surface area contributed by atoms with Gasteiger partial charge in [0.1, 0.15) is 5.56 Å². The number of aromatic nitrogens is 1. The van der Waals surface area contributed by atoms with Crippen molar-refractivity contribution in [1.29, 1.82) is 0 Å². The highest BCUT2D eigenvalue weighted by Crippen LogP contribution is 2.35. The highest BCUT2D eigenvalue weighted by atomic mass is 32.2. The Morgan fingerprint density at radius 1 is 1.38 bits per heavy atom. The predicted molar refractivity (Wildman–Crippen MR) is 87.4 cm³/mol. The normalized spacial score (nSPS) is 22.5. The third kappa shape index (κ3) is 2.46. The maximum absolute atomic E-state index is 11.6. The first-order valence-electron chi connectivity index (χ1n) is 7.09. The Balaban J connectivity index is 2.23. The lowest BCUT2D eigenvalue weighted by Gasteiger charge is -2.40. The molecule has 0 saturated carbocycles. The Labute approximate surface area is 128 Å². The van der Waals surface area contributed by atoms with E-state index in [0.717, 1.165) is 28.9 Å². The number of carboxylic acid groups (broad SMARTS) is 1. The monoisotopic (exact) mass is 302 g/mol. The van der Waals surface area contributed by atoms with E-state index >= 15 is 0 Å². The van der Waals surface area contributed by atoms with Crippen LogP contribution in [-0.4, -0.2) is 39.6 Å². The Morgan fingerprint density at radius 3 is 2.90 bits per heavy atom.